The van der Waals surface area contributed by atoms with Gasteiger partial charge in [-0.15, -0.1) is 0 Å². The number of rotatable bonds is 7. The van der Waals surface area contributed by atoms with Gasteiger partial charge in [-0.1, -0.05) is 6.07 Å². The second kappa shape index (κ2) is 8.66. The van der Waals surface area contributed by atoms with Crippen molar-refractivity contribution in [3.05, 3.63) is 29.1 Å². The smallest absolute Gasteiger partial charge is 0.526 e. The van der Waals surface area contributed by atoms with E-state index < -0.39 is 44.2 Å². The Labute approximate surface area is 165 Å². The number of ether oxygens (including phenoxy) is 4. The van der Waals surface area contributed by atoms with Crippen LogP contribution in [0.2, 0.25) is 5.82 Å². The molecule has 12 heteroatoms. The molecule has 29 heavy (non-hydrogen) atoms. The Morgan fingerprint density at radius 1 is 1.24 bits per heavy atom. The van der Waals surface area contributed by atoms with E-state index in [4.69, 9.17) is 14.1 Å². The molecular weight excluding hydrogens is 392 g/mol. The summed E-state index contributed by atoms with van der Waals surface area (Å²) in [4.78, 5) is 36.2. The van der Waals surface area contributed by atoms with Crippen molar-refractivity contribution < 1.29 is 47.4 Å². The first-order valence-corrected chi connectivity index (χ1v) is 8.71. The highest BCUT2D eigenvalue weighted by atomic mass is 19.1. The number of hydrogen-bond acceptors (Lipinski definition) is 9. The fraction of sp³-hybridized carbons (Fsp3) is 0.471. The lowest BCUT2D eigenvalue weighted by Crippen LogP contribution is -2.28. The zero-order chi connectivity index (χ0) is 21.1. The summed E-state index contributed by atoms with van der Waals surface area (Å²) >= 11 is 0. The fourth-order valence-corrected chi connectivity index (χ4v) is 2.87. The quantitative estimate of drug-likeness (QED) is 0.302. The monoisotopic (exact) mass is 411 g/mol. The van der Waals surface area contributed by atoms with Crippen LogP contribution in [0.3, 0.4) is 0 Å². The number of amides is 1. The Bertz CT molecular complexity index is 818. The lowest BCUT2D eigenvalue weighted by atomic mass is 9.77. The molecule has 2 atom stereocenters. The number of halogens is 1. The van der Waals surface area contributed by atoms with Crippen LogP contribution in [0.15, 0.2) is 12.1 Å². The number of esters is 1. The maximum Gasteiger partial charge on any atom is 0.526 e. The van der Waals surface area contributed by atoms with Crippen molar-refractivity contribution in [1.82, 2.24) is 4.90 Å². The van der Waals surface area contributed by atoms with E-state index in [1.54, 1.807) is 0 Å². The van der Waals surface area contributed by atoms with Crippen LogP contribution in [0, 0.1) is 5.82 Å². The first-order valence-electron chi connectivity index (χ1n) is 8.71. The Balaban J connectivity index is 1.46. The molecule has 0 spiro atoms. The van der Waals surface area contributed by atoms with Gasteiger partial charge in [0.25, 0.3) is 0 Å². The van der Waals surface area contributed by atoms with Gasteiger partial charge in [-0.25, -0.2) is 14.0 Å². The maximum atomic E-state index is 14.2. The molecule has 1 aliphatic heterocycles. The summed E-state index contributed by atoms with van der Waals surface area (Å²) in [7, 11) is 1.96. The minimum absolute atomic E-state index is 0.00602. The number of fused-ring (bicyclic) bond motifs is 3. The van der Waals surface area contributed by atoms with Crippen LogP contribution >= 0.6 is 0 Å². The zero-order valence-corrected chi connectivity index (χ0v) is 15.8. The van der Waals surface area contributed by atoms with E-state index in [-0.39, 0.29) is 30.0 Å². The predicted molar refractivity (Wildman–Crippen MR) is 93.5 cm³/mol. The van der Waals surface area contributed by atoms with Gasteiger partial charge in [-0.3, -0.25) is 4.79 Å². The number of carbonyl (C=O) groups excluding carboxylic acids is 3. The third-order valence-electron chi connectivity index (χ3n) is 4.54. The van der Waals surface area contributed by atoms with Crippen molar-refractivity contribution in [2.24, 2.45) is 0 Å². The molecule has 156 valence electrons. The van der Waals surface area contributed by atoms with E-state index in [2.05, 4.69) is 9.47 Å². The van der Waals surface area contributed by atoms with Crippen molar-refractivity contribution in [3.8, 4) is 5.75 Å². The molecule has 3 rings (SSSR count). The van der Waals surface area contributed by atoms with Gasteiger partial charge in [0.05, 0.1) is 0 Å². The van der Waals surface area contributed by atoms with Gasteiger partial charge in [0.1, 0.15) is 23.7 Å². The molecule has 10 nitrogen and oxygen atoms in total. The lowest BCUT2D eigenvalue weighted by molar-refractivity contribution is -0.138. The molecule has 0 unspecified atom stereocenters. The number of hydrogen-bond donors (Lipinski definition) is 1. The Morgan fingerprint density at radius 2 is 1.97 bits per heavy atom. The molecule has 1 aromatic carbocycles. The molecule has 1 heterocycles. The average molecular weight is 411 g/mol. The average Bonchev–Trinajstić information content (AvgIpc) is 3.46. The van der Waals surface area contributed by atoms with Crippen LogP contribution in [0.4, 0.5) is 9.18 Å². The maximum absolute atomic E-state index is 14.2. The third-order valence-corrected chi connectivity index (χ3v) is 4.54. The topological polar surface area (TPSA) is 121 Å². The highest BCUT2D eigenvalue weighted by molar-refractivity contribution is 6.48. The first kappa shape index (κ1) is 20.9. The molecule has 1 aliphatic carbocycles. The molecule has 1 N–H and O–H groups in total. The number of benzene rings is 1. The van der Waals surface area contributed by atoms with E-state index >= 15 is 0 Å². The minimum atomic E-state index is -1.21. The Morgan fingerprint density at radius 3 is 2.69 bits per heavy atom. The molecule has 1 saturated carbocycles. The highest BCUT2D eigenvalue weighted by Crippen LogP contribution is 2.60. The van der Waals surface area contributed by atoms with Gasteiger partial charge in [0.2, 0.25) is 12.7 Å². The van der Waals surface area contributed by atoms with E-state index in [1.165, 1.54) is 25.1 Å². The highest BCUT2D eigenvalue weighted by Gasteiger charge is 2.54. The first-order chi connectivity index (χ1) is 13.8. The van der Waals surface area contributed by atoms with E-state index in [9.17, 15) is 23.8 Å². The van der Waals surface area contributed by atoms with Gasteiger partial charge in [-0.05, 0) is 24.0 Å². The van der Waals surface area contributed by atoms with Crippen molar-refractivity contribution in [1.29, 1.82) is 0 Å². The molecular formula is C17H19BFNO9. The Kier molecular flexibility index (Phi) is 6.23. The molecule has 1 fully saturated rings. The van der Waals surface area contributed by atoms with Gasteiger partial charge in [0.15, 0.2) is 6.79 Å². The minimum Gasteiger partial charge on any atom is -0.535 e. The summed E-state index contributed by atoms with van der Waals surface area (Å²) in [6.07, 6.45) is -0.524. The van der Waals surface area contributed by atoms with E-state index in [0.29, 0.717) is 12.0 Å². The van der Waals surface area contributed by atoms with Crippen LogP contribution < -0.4 is 4.65 Å². The van der Waals surface area contributed by atoms with Crippen molar-refractivity contribution in [2.45, 2.75) is 18.2 Å². The summed E-state index contributed by atoms with van der Waals surface area (Å²) in [6, 6.07) is 2.63. The number of likely N-dealkylation sites (N-methyl/N-ethyl adjacent to an activating group) is 1. The zero-order valence-electron chi connectivity index (χ0n) is 15.8. The SMILES string of the molecule is CN(C)C(=O)COCOC(=O)OCOC(=O)c1c(F)ccc2c1OB(O)[C@@H]1C[C@H]21. The summed E-state index contributed by atoms with van der Waals surface area (Å²) < 4.78 is 38.1. The van der Waals surface area contributed by atoms with Gasteiger partial charge in [0, 0.05) is 19.9 Å². The molecule has 2 aliphatic rings. The molecule has 1 aromatic rings. The van der Waals surface area contributed by atoms with Crippen molar-refractivity contribution in [3.63, 3.8) is 0 Å². The summed E-state index contributed by atoms with van der Waals surface area (Å²) in [5, 5.41) is 9.86. The second-order valence-corrected chi connectivity index (χ2v) is 6.70. The van der Waals surface area contributed by atoms with Crippen LogP contribution in [0.1, 0.15) is 28.3 Å². The van der Waals surface area contributed by atoms with Crippen LogP contribution in [0.25, 0.3) is 0 Å². The number of carbonyl (C=O) groups is 3. The van der Waals surface area contributed by atoms with Gasteiger partial charge >= 0.3 is 19.2 Å². The summed E-state index contributed by atoms with van der Waals surface area (Å²) in [5.41, 5.74) is 0.146. The standard InChI is InChI=1S/C17H19BFNO9/c1-20(2)13(21)6-25-7-27-17(23)28-8-26-16(22)14-12(19)4-3-9-10-5-11(10)18(24)29-15(9)14/h3-4,10-11,24H,5-8H2,1-2H3/t10-,11-/m1/s1. The van der Waals surface area contributed by atoms with E-state index in [0.717, 1.165) is 6.07 Å². The summed E-state index contributed by atoms with van der Waals surface area (Å²) in [6.45, 7) is -1.67. The van der Waals surface area contributed by atoms with Gasteiger partial charge < -0.3 is 33.5 Å². The molecule has 1 amide bonds. The lowest BCUT2D eigenvalue weighted by Gasteiger charge is -2.21. The molecule has 0 saturated heterocycles. The van der Waals surface area contributed by atoms with E-state index in [1.807, 2.05) is 0 Å². The molecule has 0 aromatic heterocycles. The molecule has 0 bridgehead atoms. The fourth-order valence-electron chi connectivity index (χ4n) is 2.87. The van der Waals surface area contributed by atoms with Crippen LogP contribution in [-0.4, -0.2) is 69.4 Å². The molecule has 0 radical (unpaired) electrons. The van der Waals surface area contributed by atoms with Gasteiger partial charge in [-0.2, -0.15) is 0 Å². The largest absolute Gasteiger partial charge is 0.535 e. The normalized spacial score (nSPS) is 18.7. The van der Waals surface area contributed by atoms with Crippen molar-refractivity contribution in [2.75, 3.05) is 34.3 Å². The Hall–Kier alpha value is -2.86. The predicted octanol–water partition coefficient (Wildman–Crippen LogP) is 0.886. The summed E-state index contributed by atoms with van der Waals surface area (Å²) in [5.74, 6) is -2.46. The van der Waals surface area contributed by atoms with Crippen LogP contribution in [-0.2, 0) is 23.7 Å². The number of nitrogens with zero attached hydrogens (tertiary/aromatic N) is 1. The van der Waals surface area contributed by atoms with Crippen LogP contribution in [0.5, 0.6) is 5.75 Å². The third kappa shape index (κ3) is 4.77. The second-order valence-electron chi connectivity index (χ2n) is 6.70. The van der Waals surface area contributed by atoms with Crippen molar-refractivity contribution >= 4 is 25.2 Å².